The van der Waals surface area contributed by atoms with Gasteiger partial charge in [0.05, 0.1) is 25.1 Å². The Morgan fingerprint density at radius 3 is 2.91 bits per heavy atom. The van der Waals surface area contributed by atoms with Gasteiger partial charge < -0.3 is 18.7 Å². The van der Waals surface area contributed by atoms with Gasteiger partial charge in [-0.2, -0.15) is 10.2 Å². The monoisotopic (exact) mass is 297 g/mol. The normalized spacial score (nSPS) is 12.4. The maximum Gasteiger partial charge on any atom is 0.231 e. The zero-order valence-electron chi connectivity index (χ0n) is 11.6. The molecule has 0 aliphatic carbocycles. The molecule has 3 aromatic rings. The number of aromatic nitrogens is 3. The summed E-state index contributed by atoms with van der Waals surface area (Å²) in [7, 11) is 1.58. The van der Waals surface area contributed by atoms with Crippen molar-refractivity contribution in [1.29, 1.82) is 0 Å². The second-order valence-electron chi connectivity index (χ2n) is 4.62. The highest BCUT2D eigenvalue weighted by Crippen LogP contribution is 2.45. The number of methoxy groups -OCH3 is 1. The molecule has 0 amide bonds. The van der Waals surface area contributed by atoms with E-state index in [0.717, 1.165) is 16.7 Å². The molecule has 0 bridgehead atoms. The fraction of sp³-hybridized carbons (Fsp3) is 0.133. The molecule has 7 nitrogen and oxygen atoms in total. The van der Waals surface area contributed by atoms with Crippen molar-refractivity contribution in [2.45, 2.75) is 0 Å². The first-order valence-corrected chi connectivity index (χ1v) is 6.56. The average Bonchev–Trinajstić information content (AvgIpc) is 3.23. The Morgan fingerprint density at radius 2 is 2.09 bits per heavy atom. The minimum absolute atomic E-state index is 0.176. The lowest BCUT2D eigenvalue weighted by molar-refractivity contribution is 0.171. The van der Waals surface area contributed by atoms with Crippen molar-refractivity contribution in [3.63, 3.8) is 0 Å². The highest BCUT2D eigenvalue weighted by molar-refractivity contribution is 5.81. The highest BCUT2D eigenvalue weighted by Gasteiger charge is 2.23. The summed E-state index contributed by atoms with van der Waals surface area (Å²) in [5.74, 6) is 1.81. The summed E-state index contributed by atoms with van der Waals surface area (Å²) in [6.45, 7) is 0.176. The Morgan fingerprint density at radius 1 is 1.14 bits per heavy atom. The van der Waals surface area contributed by atoms with Crippen LogP contribution >= 0.6 is 0 Å². The molecule has 4 rings (SSSR count). The first kappa shape index (κ1) is 12.6. The molecule has 22 heavy (non-hydrogen) atoms. The first-order valence-electron chi connectivity index (χ1n) is 6.56. The summed E-state index contributed by atoms with van der Waals surface area (Å²) in [4.78, 5) is 0. The third-order valence-corrected chi connectivity index (χ3v) is 3.40. The molecular formula is C15H11N3O4. The molecule has 7 heteroatoms. The fourth-order valence-electron chi connectivity index (χ4n) is 2.37. The van der Waals surface area contributed by atoms with Gasteiger partial charge in [0.2, 0.25) is 12.5 Å². The molecule has 0 unspecified atom stereocenters. The van der Waals surface area contributed by atoms with Crippen LogP contribution in [0.15, 0.2) is 41.4 Å². The Balaban J connectivity index is 1.86. The number of fused-ring (bicyclic) bond motifs is 1. The number of nitrogens with zero attached hydrogens (tertiary/aromatic N) is 3. The fourth-order valence-corrected chi connectivity index (χ4v) is 2.37. The van der Waals surface area contributed by atoms with E-state index in [1.807, 2.05) is 18.2 Å². The van der Waals surface area contributed by atoms with Crippen LogP contribution < -0.4 is 14.2 Å². The Labute approximate surface area is 125 Å². The van der Waals surface area contributed by atoms with Gasteiger partial charge in [0.15, 0.2) is 11.5 Å². The summed E-state index contributed by atoms with van der Waals surface area (Å²) in [5, 5.41) is 11.7. The largest absolute Gasteiger partial charge is 0.493 e. The van der Waals surface area contributed by atoms with Crippen LogP contribution in [0, 0.1) is 0 Å². The molecule has 0 N–H and O–H groups in total. The molecule has 0 radical (unpaired) electrons. The Hall–Kier alpha value is -3.09. The van der Waals surface area contributed by atoms with E-state index < -0.39 is 0 Å². The van der Waals surface area contributed by atoms with Gasteiger partial charge in [-0.15, -0.1) is 0 Å². The third-order valence-electron chi connectivity index (χ3n) is 3.40. The lowest BCUT2D eigenvalue weighted by Crippen LogP contribution is -1.93. The lowest BCUT2D eigenvalue weighted by Gasteiger charge is -2.07. The van der Waals surface area contributed by atoms with E-state index in [-0.39, 0.29) is 6.79 Å². The second kappa shape index (κ2) is 5.03. The predicted molar refractivity (Wildman–Crippen MR) is 75.6 cm³/mol. The van der Waals surface area contributed by atoms with Crippen LogP contribution in [0.3, 0.4) is 0 Å². The van der Waals surface area contributed by atoms with Crippen molar-refractivity contribution < 1.29 is 18.7 Å². The third kappa shape index (κ3) is 1.95. The van der Waals surface area contributed by atoms with Crippen LogP contribution in [0.1, 0.15) is 0 Å². The zero-order valence-corrected chi connectivity index (χ0v) is 11.6. The van der Waals surface area contributed by atoms with Crippen LogP contribution in [0.2, 0.25) is 0 Å². The maximum absolute atomic E-state index is 5.44. The van der Waals surface area contributed by atoms with E-state index in [2.05, 4.69) is 15.4 Å². The number of hydrogen-bond donors (Lipinski definition) is 0. The maximum atomic E-state index is 5.44. The smallest absolute Gasteiger partial charge is 0.231 e. The molecule has 0 spiro atoms. The van der Waals surface area contributed by atoms with Gasteiger partial charge in [0.1, 0.15) is 12.0 Å². The molecular weight excluding hydrogens is 286 g/mol. The SMILES string of the molecule is COc1cc(-c2nocc2-c2ccnnc2)cc2c1OCO2. The van der Waals surface area contributed by atoms with Gasteiger partial charge in [-0.05, 0) is 18.2 Å². The summed E-state index contributed by atoms with van der Waals surface area (Å²) in [5.41, 5.74) is 3.16. The van der Waals surface area contributed by atoms with E-state index in [9.17, 15) is 0 Å². The number of ether oxygens (including phenoxy) is 3. The quantitative estimate of drug-likeness (QED) is 0.734. The number of rotatable bonds is 3. The van der Waals surface area contributed by atoms with Crippen molar-refractivity contribution in [3.05, 3.63) is 36.9 Å². The van der Waals surface area contributed by atoms with Crippen molar-refractivity contribution in [2.75, 3.05) is 13.9 Å². The summed E-state index contributed by atoms with van der Waals surface area (Å²) < 4.78 is 21.3. The van der Waals surface area contributed by atoms with Gasteiger partial charge in [-0.3, -0.25) is 0 Å². The van der Waals surface area contributed by atoms with Gasteiger partial charge in [0.25, 0.3) is 0 Å². The average molecular weight is 297 g/mol. The van der Waals surface area contributed by atoms with Gasteiger partial charge in [-0.1, -0.05) is 5.16 Å². The van der Waals surface area contributed by atoms with Crippen molar-refractivity contribution in [2.24, 2.45) is 0 Å². The van der Waals surface area contributed by atoms with Crippen LogP contribution in [-0.2, 0) is 0 Å². The topological polar surface area (TPSA) is 79.5 Å². The standard InChI is InChI=1S/C15H11N3O4/c1-19-12-4-10(5-13-15(12)21-8-20-13)14-11(7-22-18-14)9-2-3-16-17-6-9/h2-7H,8H2,1H3. The molecule has 0 saturated heterocycles. The molecule has 0 fully saturated rings. The van der Waals surface area contributed by atoms with E-state index in [0.29, 0.717) is 22.9 Å². The highest BCUT2D eigenvalue weighted by atomic mass is 16.7. The minimum atomic E-state index is 0.176. The molecule has 3 heterocycles. The Kier molecular flexibility index (Phi) is 2.89. The molecule has 0 saturated carbocycles. The number of benzene rings is 1. The zero-order chi connectivity index (χ0) is 14.9. The van der Waals surface area contributed by atoms with Gasteiger partial charge in [0, 0.05) is 11.1 Å². The van der Waals surface area contributed by atoms with Crippen LogP contribution in [0.25, 0.3) is 22.4 Å². The summed E-state index contributed by atoms with van der Waals surface area (Å²) in [6, 6.07) is 5.53. The lowest BCUT2D eigenvalue weighted by atomic mass is 10.0. The molecule has 110 valence electrons. The Bertz CT molecular complexity index is 817. The first-order chi connectivity index (χ1) is 10.9. The van der Waals surface area contributed by atoms with E-state index >= 15 is 0 Å². The van der Waals surface area contributed by atoms with E-state index in [4.69, 9.17) is 18.7 Å². The van der Waals surface area contributed by atoms with E-state index in [1.165, 1.54) is 0 Å². The van der Waals surface area contributed by atoms with Crippen LogP contribution in [0.4, 0.5) is 0 Å². The van der Waals surface area contributed by atoms with Crippen LogP contribution in [0.5, 0.6) is 17.2 Å². The molecule has 1 aromatic carbocycles. The van der Waals surface area contributed by atoms with Crippen molar-refractivity contribution >= 4 is 0 Å². The van der Waals surface area contributed by atoms with Gasteiger partial charge in [-0.25, -0.2) is 0 Å². The van der Waals surface area contributed by atoms with E-state index in [1.54, 1.807) is 25.8 Å². The molecule has 0 atom stereocenters. The molecule has 1 aliphatic rings. The summed E-state index contributed by atoms with van der Waals surface area (Å²) in [6.07, 6.45) is 4.84. The van der Waals surface area contributed by atoms with Crippen LogP contribution in [-0.4, -0.2) is 29.3 Å². The minimum Gasteiger partial charge on any atom is -0.493 e. The van der Waals surface area contributed by atoms with Crippen molar-refractivity contribution in [1.82, 2.24) is 15.4 Å². The molecule has 1 aliphatic heterocycles. The summed E-state index contributed by atoms with van der Waals surface area (Å²) >= 11 is 0. The second-order valence-corrected chi connectivity index (χ2v) is 4.62. The number of hydrogen-bond acceptors (Lipinski definition) is 7. The predicted octanol–water partition coefficient (Wildman–Crippen LogP) is 2.54. The molecule has 2 aromatic heterocycles. The van der Waals surface area contributed by atoms with Crippen molar-refractivity contribution in [3.8, 4) is 39.6 Å². The van der Waals surface area contributed by atoms with Gasteiger partial charge >= 0.3 is 0 Å².